The number of carboxylic acid groups (broad SMARTS) is 3. The molecule has 45 heavy (non-hydrogen) atoms. The van der Waals surface area contributed by atoms with Crippen molar-refractivity contribution in [1.82, 2.24) is 14.9 Å². The van der Waals surface area contributed by atoms with Crippen molar-refractivity contribution in [2.24, 2.45) is 0 Å². The maximum atomic E-state index is 10.6. The molecule has 1 aliphatic heterocycles. The number of aryl methyl sites for hydroxylation is 1. The van der Waals surface area contributed by atoms with Crippen molar-refractivity contribution < 1.29 is 78.7 Å². The van der Waals surface area contributed by atoms with E-state index in [1.807, 2.05) is 25.4 Å². The van der Waals surface area contributed by atoms with Gasteiger partial charge in [-0.25, -0.2) is 19.4 Å². The molecule has 3 N–H and O–H groups in total. The molecule has 0 spiro atoms. The van der Waals surface area contributed by atoms with Crippen LogP contribution >= 0.6 is 11.3 Å². The van der Waals surface area contributed by atoms with E-state index in [0.29, 0.717) is 12.6 Å². The Morgan fingerprint density at radius 3 is 1.93 bits per heavy atom. The molecule has 2 aliphatic rings. The Morgan fingerprint density at radius 1 is 0.978 bits per heavy atom. The fourth-order valence-electron chi connectivity index (χ4n) is 3.76. The second kappa shape index (κ2) is 17.2. The lowest BCUT2D eigenvalue weighted by molar-refractivity contribution is -0.193. The number of rotatable bonds is 5. The number of pyridine rings is 1. The first-order valence-corrected chi connectivity index (χ1v) is 13.2. The number of halogens is 9. The number of hydrogen-bond acceptors (Lipinski definition) is 9. The quantitative estimate of drug-likeness (QED) is 0.374. The van der Waals surface area contributed by atoms with Crippen LogP contribution in [0.25, 0.3) is 0 Å². The highest BCUT2D eigenvalue weighted by atomic mass is 32.1. The summed E-state index contributed by atoms with van der Waals surface area (Å²) in [6.07, 6.45) is -8.93. The molecule has 0 bridgehead atoms. The number of hydrogen-bond donors (Lipinski definition) is 3. The summed E-state index contributed by atoms with van der Waals surface area (Å²) in [6, 6.07) is 4.59. The van der Waals surface area contributed by atoms with E-state index < -0.39 is 36.4 Å². The third kappa shape index (κ3) is 14.8. The number of alkyl halides is 9. The Morgan fingerprint density at radius 2 is 1.51 bits per heavy atom. The van der Waals surface area contributed by atoms with E-state index in [1.54, 1.807) is 11.3 Å². The Balaban J connectivity index is 0.000000396. The van der Waals surface area contributed by atoms with E-state index in [1.165, 1.54) is 5.56 Å². The van der Waals surface area contributed by atoms with Crippen LogP contribution in [0.2, 0.25) is 0 Å². The summed E-state index contributed by atoms with van der Waals surface area (Å²) in [5.74, 6) is -8.27. The van der Waals surface area contributed by atoms with Gasteiger partial charge in [-0.1, -0.05) is 6.07 Å². The van der Waals surface area contributed by atoms with E-state index in [9.17, 15) is 39.5 Å². The number of carboxylic acids is 3. The Bertz CT molecular complexity index is 1170. The van der Waals surface area contributed by atoms with Gasteiger partial charge in [-0.05, 0) is 31.4 Å². The van der Waals surface area contributed by atoms with Crippen molar-refractivity contribution in [3.8, 4) is 0 Å². The average Bonchev–Trinajstić information content (AvgIpc) is 3.54. The maximum absolute atomic E-state index is 10.6. The number of nitrogens with zero attached hydrogens (tertiary/aromatic N) is 3. The van der Waals surface area contributed by atoms with Crippen molar-refractivity contribution >= 4 is 29.2 Å². The Kier molecular flexibility index (Phi) is 15.1. The van der Waals surface area contributed by atoms with Gasteiger partial charge in [0.15, 0.2) is 0 Å². The van der Waals surface area contributed by atoms with Gasteiger partial charge in [0.05, 0.1) is 36.1 Å². The normalized spacial score (nSPS) is 19.8. The third-order valence-corrected chi connectivity index (χ3v) is 6.42. The van der Waals surface area contributed by atoms with Crippen LogP contribution in [0.15, 0.2) is 29.9 Å². The van der Waals surface area contributed by atoms with Crippen molar-refractivity contribution in [2.75, 3.05) is 13.2 Å². The molecule has 3 heterocycles. The summed E-state index contributed by atoms with van der Waals surface area (Å²) >= 11 is 1.67. The van der Waals surface area contributed by atoms with E-state index in [0.717, 1.165) is 43.2 Å². The van der Waals surface area contributed by atoms with Crippen LogP contribution in [0.3, 0.4) is 0 Å². The maximum Gasteiger partial charge on any atom is 0.490 e. The summed E-state index contributed by atoms with van der Waals surface area (Å²) in [7, 11) is 0. The van der Waals surface area contributed by atoms with Gasteiger partial charge in [0.2, 0.25) is 0 Å². The van der Waals surface area contributed by atoms with Gasteiger partial charge in [-0.3, -0.25) is 9.88 Å². The first-order chi connectivity index (χ1) is 20.6. The fourth-order valence-corrected chi connectivity index (χ4v) is 4.36. The SMILES string of the molecule is Cc1nc(CO[C@@H]2CC[C@H]3[C@H]2OCCN3Cc2cccnc2)cs1.O=C(O)C(F)(F)F.O=C(O)C(F)(F)F.O=C(O)C(F)(F)F. The van der Waals surface area contributed by atoms with E-state index >= 15 is 0 Å². The van der Waals surface area contributed by atoms with E-state index in [2.05, 4.69) is 26.3 Å². The van der Waals surface area contributed by atoms with Crippen molar-refractivity contribution in [2.45, 2.75) is 69.7 Å². The molecule has 2 aromatic rings. The number of morpholine rings is 1. The predicted octanol–water partition coefficient (Wildman–Crippen LogP) is 4.70. The molecule has 2 fully saturated rings. The molecule has 0 radical (unpaired) electrons. The minimum absolute atomic E-state index is 0.175. The van der Waals surface area contributed by atoms with Crippen molar-refractivity contribution in [3.05, 3.63) is 46.2 Å². The lowest BCUT2D eigenvalue weighted by atomic mass is 10.1. The minimum atomic E-state index is -5.08. The van der Waals surface area contributed by atoms with E-state index in [4.69, 9.17) is 39.2 Å². The molecule has 0 unspecified atom stereocenters. The van der Waals surface area contributed by atoms with Crippen LogP contribution in [-0.2, 0) is 37.0 Å². The monoisotopic (exact) mass is 687 g/mol. The average molecular weight is 688 g/mol. The molecule has 1 saturated carbocycles. The Labute approximate surface area is 252 Å². The Hall–Kier alpha value is -3.56. The lowest BCUT2D eigenvalue weighted by Gasteiger charge is -2.39. The number of ether oxygens (including phenoxy) is 2. The molecule has 2 aromatic heterocycles. The first kappa shape index (κ1) is 39.5. The predicted molar refractivity (Wildman–Crippen MR) is 134 cm³/mol. The van der Waals surface area contributed by atoms with Gasteiger partial charge in [-0.2, -0.15) is 39.5 Å². The highest BCUT2D eigenvalue weighted by molar-refractivity contribution is 7.09. The molecule has 11 nitrogen and oxygen atoms in total. The molecule has 21 heteroatoms. The number of carbonyl (C=O) groups is 3. The molecule has 1 aliphatic carbocycles. The van der Waals surface area contributed by atoms with Crippen LogP contribution in [0, 0.1) is 6.92 Å². The molecule has 0 amide bonds. The number of fused-ring (bicyclic) bond motifs is 1. The summed E-state index contributed by atoms with van der Waals surface area (Å²) < 4.78 is 107. The minimum Gasteiger partial charge on any atom is -0.475 e. The summed E-state index contributed by atoms with van der Waals surface area (Å²) in [6.45, 7) is 5.31. The zero-order valence-electron chi connectivity index (χ0n) is 22.9. The zero-order chi connectivity index (χ0) is 34.6. The van der Waals surface area contributed by atoms with Crippen LogP contribution in [-0.4, -0.2) is 98.0 Å². The van der Waals surface area contributed by atoms with E-state index in [-0.39, 0.29) is 12.2 Å². The summed E-state index contributed by atoms with van der Waals surface area (Å²) in [5, 5.41) is 24.5. The van der Waals surface area contributed by atoms with Gasteiger partial charge in [0.25, 0.3) is 0 Å². The zero-order valence-corrected chi connectivity index (χ0v) is 23.7. The molecule has 254 valence electrons. The summed E-state index contributed by atoms with van der Waals surface area (Å²) in [5.41, 5.74) is 2.30. The number of aromatic nitrogens is 2. The molecule has 3 atom stereocenters. The number of aliphatic carboxylic acids is 3. The van der Waals surface area contributed by atoms with Crippen LogP contribution in [0.5, 0.6) is 0 Å². The van der Waals surface area contributed by atoms with Gasteiger partial charge in [0.1, 0.15) is 0 Å². The molecule has 4 rings (SSSR count). The van der Waals surface area contributed by atoms with Crippen LogP contribution in [0.4, 0.5) is 39.5 Å². The standard InChI is InChI=1S/C18H23N3O2S.3C2HF3O2/c1-13-20-15(12-24-13)11-23-17-5-4-16-18(17)22-8-7-21(16)10-14-3-2-6-19-9-14;3*3-2(4,5)1(6)7/h2-3,6,9,12,16-18H,4-5,7-8,10-11H2,1H3;3*(H,6,7)/t16-,17+,18+;;;/m0.../s1. The molecular formula is C24H26F9N3O8S. The second-order valence-electron chi connectivity index (χ2n) is 8.93. The lowest BCUT2D eigenvalue weighted by Crippen LogP contribution is -2.51. The largest absolute Gasteiger partial charge is 0.490 e. The molecular weight excluding hydrogens is 661 g/mol. The second-order valence-corrected chi connectivity index (χ2v) is 9.99. The molecule has 0 aromatic carbocycles. The molecule has 1 saturated heterocycles. The van der Waals surface area contributed by atoms with Gasteiger partial charge in [-0.15, -0.1) is 11.3 Å². The fraction of sp³-hybridized carbons (Fsp3) is 0.542. The first-order valence-electron chi connectivity index (χ1n) is 12.3. The highest BCUT2D eigenvalue weighted by Gasteiger charge is 2.43. The van der Waals surface area contributed by atoms with Crippen LogP contribution < -0.4 is 0 Å². The van der Waals surface area contributed by atoms with Gasteiger partial charge in [0, 0.05) is 36.9 Å². The highest BCUT2D eigenvalue weighted by Crippen LogP contribution is 2.33. The smallest absolute Gasteiger partial charge is 0.475 e. The van der Waals surface area contributed by atoms with Crippen molar-refractivity contribution in [3.63, 3.8) is 0 Å². The van der Waals surface area contributed by atoms with Crippen LogP contribution in [0.1, 0.15) is 29.1 Å². The number of thiazole rings is 1. The summed E-state index contributed by atoms with van der Waals surface area (Å²) in [4.78, 5) is 37.9. The van der Waals surface area contributed by atoms with Gasteiger partial charge >= 0.3 is 36.4 Å². The van der Waals surface area contributed by atoms with Crippen molar-refractivity contribution in [1.29, 1.82) is 0 Å². The topological polar surface area (TPSA) is 159 Å². The van der Waals surface area contributed by atoms with Gasteiger partial charge < -0.3 is 24.8 Å². The third-order valence-electron chi connectivity index (χ3n) is 5.60.